The van der Waals surface area contributed by atoms with Gasteiger partial charge in [0.2, 0.25) is 5.91 Å². The first kappa shape index (κ1) is 23.1. The average Bonchev–Trinajstić information content (AvgIpc) is 3.02. The summed E-state index contributed by atoms with van der Waals surface area (Å²) in [5, 5.41) is 2.93. The molecule has 0 bridgehead atoms. The first-order chi connectivity index (χ1) is 17.2. The molecule has 1 fully saturated rings. The molecule has 6 nitrogen and oxygen atoms in total. The van der Waals surface area contributed by atoms with Crippen molar-refractivity contribution in [3.63, 3.8) is 0 Å². The molecule has 3 aromatic rings. The van der Waals surface area contributed by atoms with Crippen LogP contribution in [-0.4, -0.2) is 43.0 Å². The molecule has 35 heavy (non-hydrogen) atoms. The summed E-state index contributed by atoms with van der Waals surface area (Å²) in [5.41, 5.74) is 3.26. The Balaban J connectivity index is 1.25. The maximum Gasteiger partial charge on any atom is 0.257 e. The number of anilines is 3. The van der Waals surface area contributed by atoms with Gasteiger partial charge in [0.05, 0.1) is 35.7 Å². The number of amides is 2. The Hall–Kier alpha value is -3.64. The average molecular weight is 470 g/mol. The van der Waals surface area contributed by atoms with Crippen molar-refractivity contribution in [2.75, 3.05) is 36.5 Å². The number of hydrogen-bond donors (Lipinski definition) is 1. The third-order valence-electron chi connectivity index (χ3n) is 6.65. The highest BCUT2D eigenvalue weighted by Crippen LogP contribution is 2.38. The van der Waals surface area contributed by atoms with Gasteiger partial charge in [0.25, 0.3) is 5.91 Å². The zero-order valence-electron chi connectivity index (χ0n) is 19.9. The number of para-hydroxylation sites is 3. The molecule has 0 aromatic heterocycles. The molecular weight excluding hydrogens is 438 g/mol. The van der Waals surface area contributed by atoms with Gasteiger partial charge in [-0.25, -0.2) is 0 Å². The van der Waals surface area contributed by atoms with Crippen molar-refractivity contribution in [3.8, 4) is 5.75 Å². The van der Waals surface area contributed by atoms with Crippen molar-refractivity contribution in [1.82, 2.24) is 4.90 Å². The summed E-state index contributed by atoms with van der Waals surface area (Å²) in [6.07, 6.45) is 5.20. The molecule has 3 aromatic carbocycles. The highest BCUT2D eigenvalue weighted by molar-refractivity contribution is 6.17. The van der Waals surface area contributed by atoms with Crippen LogP contribution in [0.1, 0.15) is 41.6 Å². The van der Waals surface area contributed by atoms with Gasteiger partial charge in [-0.2, -0.15) is 0 Å². The fourth-order valence-corrected chi connectivity index (χ4v) is 4.84. The molecule has 180 valence electrons. The number of carbonyl (C=O) groups excluding carboxylic acids is 2. The first-order valence-electron chi connectivity index (χ1n) is 12.5. The summed E-state index contributed by atoms with van der Waals surface area (Å²) in [5.74, 6) is 0.502. The number of nitrogens with zero attached hydrogens (tertiary/aromatic N) is 2. The van der Waals surface area contributed by atoms with Crippen LogP contribution >= 0.6 is 0 Å². The Morgan fingerprint density at radius 1 is 0.857 bits per heavy atom. The maximum absolute atomic E-state index is 13.5. The Kier molecular flexibility index (Phi) is 7.09. The number of piperidine rings is 1. The van der Waals surface area contributed by atoms with Gasteiger partial charge in [-0.1, -0.05) is 42.8 Å². The van der Waals surface area contributed by atoms with E-state index in [1.165, 1.54) is 32.4 Å². The lowest BCUT2D eigenvalue weighted by molar-refractivity contribution is -0.117. The second-order valence-corrected chi connectivity index (χ2v) is 9.14. The molecule has 1 N–H and O–H groups in total. The minimum atomic E-state index is -0.217. The topological polar surface area (TPSA) is 61.9 Å². The van der Waals surface area contributed by atoms with Gasteiger partial charge in [0.15, 0.2) is 0 Å². The standard InChI is InChI=1S/C29H31N3O3/c33-28(21-22-13-15-23(16-14-22)35-20-8-19-31-17-6-1-7-18-31)32-26-11-4-2-9-24(26)29(34)30-25-10-3-5-12-27(25)32/h2-5,9-16H,1,6-8,17-21H2,(H,30,34). The summed E-state index contributed by atoms with van der Waals surface area (Å²) in [7, 11) is 0. The number of carbonyl (C=O) groups is 2. The van der Waals surface area contributed by atoms with Crippen LogP contribution < -0.4 is 15.0 Å². The molecule has 0 radical (unpaired) electrons. The van der Waals surface area contributed by atoms with E-state index in [9.17, 15) is 9.59 Å². The van der Waals surface area contributed by atoms with Gasteiger partial charge < -0.3 is 15.0 Å². The molecule has 0 aliphatic carbocycles. The van der Waals surface area contributed by atoms with Crippen molar-refractivity contribution in [2.24, 2.45) is 0 Å². The molecule has 0 spiro atoms. The van der Waals surface area contributed by atoms with E-state index in [4.69, 9.17) is 4.74 Å². The molecule has 0 unspecified atom stereocenters. The van der Waals surface area contributed by atoms with Gasteiger partial charge >= 0.3 is 0 Å². The van der Waals surface area contributed by atoms with Crippen LogP contribution in [0.15, 0.2) is 72.8 Å². The van der Waals surface area contributed by atoms with Crippen molar-refractivity contribution < 1.29 is 14.3 Å². The van der Waals surface area contributed by atoms with E-state index in [0.717, 1.165) is 24.3 Å². The van der Waals surface area contributed by atoms with Crippen molar-refractivity contribution in [2.45, 2.75) is 32.1 Å². The van der Waals surface area contributed by atoms with Crippen molar-refractivity contribution >= 4 is 28.9 Å². The fraction of sp³-hybridized carbons (Fsp3) is 0.310. The van der Waals surface area contributed by atoms with Crippen LogP contribution in [0.4, 0.5) is 17.1 Å². The number of rotatable bonds is 7. The molecule has 2 aliphatic heterocycles. The van der Waals surface area contributed by atoms with Crippen LogP contribution in [-0.2, 0) is 11.2 Å². The molecule has 0 atom stereocenters. The van der Waals surface area contributed by atoms with Crippen LogP contribution in [0.2, 0.25) is 0 Å². The Labute approximate surface area is 206 Å². The second-order valence-electron chi connectivity index (χ2n) is 9.14. The van der Waals surface area contributed by atoms with Gasteiger partial charge in [0.1, 0.15) is 5.75 Å². The smallest absolute Gasteiger partial charge is 0.257 e. The van der Waals surface area contributed by atoms with Crippen molar-refractivity contribution in [3.05, 3.63) is 83.9 Å². The zero-order chi connectivity index (χ0) is 24.0. The summed E-state index contributed by atoms with van der Waals surface area (Å²) in [6, 6.07) is 22.3. The van der Waals surface area contributed by atoms with Gasteiger partial charge in [-0.05, 0) is 74.3 Å². The normalized spacial score (nSPS) is 15.5. The Bertz CT molecular complexity index is 1190. The largest absolute Gasteiger partial charge is 0.494 e. The van der Waals surface area contributed by atoms with Crippen LogP contribution in [0.3, 0.4) is 0 Å². The molecule has 6 heteroatoms. The minimum Gasteiger partial charge on any atom is -0.494 e. The molecule has 2 heterocycles. The zero-order valence-corrected chi connectivity index (χ0v) is 19.9. The quantitative estimate of drug-likeness (QED) is 0.470. The molecule has 2 aliphatic rings. The third kappa shape index (κ3) is 5.38. The van der Waals surface area contributed by atoms with E-state index in [1.54, 1.807) is 11.0 Å². The van der Waals surface area contributed by atoms with E-state index >= 15 is 0 Å². The van der Waals surface area contributed by atoms with E-state index < -0.39 is 0 Å². The lowest BCUT2D eigenvalue weighted by Gasteiger charge is -2.26. The van der Waals surface area contributed by atoms with E-state index in [2.05, 4.69) is 10.2 Å². The molecule has 2 amide bonds. The van der Waals surface area contributed by atoms with E-state index in [1.807, 2.05) is 66.7 Å². The minimum absolute atomic E-state index is 0.100. The summed E-state index contributed by atoms with van der Waals surface area (Å²) >= 11 is 0. The maximum atomic E-state index is 13.5. The fourth-order valence-electron chi connectivity index (χ4n) is 4.84. The summed E-state index contributed by atoms with van der Waals surface area (Å²) < 4.78 is 5.93. The van der Waals surface area contributed by atoms with Gasteiger partial charge in [0, 0.05) is 6.54 Å². The first-order valence-corrected chi connectivity index (χ1v) is 12.5. The number of fused-ring (bicyclic) bond motifs is 2. The molecule has 0 saturated carbocycles. The van der Waals surface area contributed by atoms with Crippen molar-refractivity contribution in [1.29, 1.82) is 0 Å². The SMILES string of the molecule is O=C1Nc2ccccc2N(C(=O)Cc2ccc(OCCCN3CCCCC3)cc2)c2ccccc21. The molecule has 1 saturated heterocycles. The molecular formula is C29H31N3O3. The van der Waals surface area contributed by atoms with E-state index in [0.29, 0.717) is 29.2 Å². The van der Waals surface area contributed by atoms with Crippen LogP contribution in [0, 0.1) is 0 Å². The lowest BCUT2D eigenvalue weighted by atomic mass is 10.1. The number of likely N-dealkylation sites (tertiary alicyclic amines) is 1. The Morgan fingerprint density at radius 3 is 2.37 bits per heavy atom. The van der Waals surface area contributed by atoms with Gasteiger partial charge in [-0.3, -0.25) is 14.5 Å². The Morgan fingerprint density at radius 2 is 1.57 bits per heavy atom. The van der Waals surface area contributed by atoms with Crippen LogP contribution in [0.25, 0.3) is 0 Å². The second kappa shape index (κ2) is 10.7. The van der Waals surface area contributed by atoms with E-state index in [-0.39, 0.29) is 18.2 Å². The summed E-state index contributed by atoms with van der Waals surface area (Å²) in [4.78, 5) is 30.5. The number of ether oxygens (including phenoxy) is 1. The number of nitrogens with one attached hydrogen (secondary N) is 1. The molecule has 5 rings (SSSR count). The van der Waals surface area contributed by atoms with Gasteiger partial charge in [-0.15, -0.1) is 0 Å². The predicted molar refractivity (Wildman–Crippen MR) is 139 cm³/mol. The summed E-state index contributed by atoms with van der Waals surface area (Å²) in [6.45, 7) is 4.19. The highest BCUT2D eigenvalue weighted by atomic mass is 16.5. The number of hydrogen-bond acceptors (Lipinski definition) is 4. The predicted octanol–water partition coefficient (Wildman–Crippen LogP) is 5.41. The third-order valence-corrected chi connectivity index (χ3v) is 6.65. The lowest BCUT2D eigenvalue weighted by Crippen LogP contribution is -2.31. The van der Waals surface area contributed by atoms with Crippen LogP contribution in [0.5, 0.6) is 5.75 Å². The monoisotopic (exact) mass is 469 g/mol. The number of benzene rings is 3. The highest BCUT2D eigenvalue weighted by Gasteiger charge is 2.28.